The molecule has 1 aromatic heterocycles. The standard InChI is InChI=1S/C12H11FN2O2.CH2O2/c1-7-4-11(17-6-12(14)16)9-5-8(13)2-3-10(9)15-7;2-1-3/h2-5H,6H2,1H3,(H2,14,16);1H,(H,2,3). The van der Waals surface area contributed by atoms with Gasteiger partial charge in [0.15, 0.2) is 6.61 Å². The molecule has 20 heavy (non-hydrogen) atoms. The first kappa shape index (κ1) is 15.4. The number of carboxylic acid groups (broad SMARTS) is 1. The summed E-state index contributed by atoms with van der Waals surface area (Å²) < 4.78 is 18.4. The SMILES string of the molecule is Cc1cc(OCC(N)=O)c2cc(F)ccc2n1.O=CO. The van der Waals surface area contributed by atoms with Crippen LogP contribution in [0.25, 0.3) is 10.9 Å². The Labute approximate surface area is 114 Å². The van der Waals surface area contributed by atoms with E-state index < -0.39 is 5.91 Å². The van der Waals surface area contributed by atoms with Crippen molar-refractivity contribution in [3.63, 3.8) is 0 Å². The minimum Gasteiger partial charge on any atom is -0.483 e. The summed E-state index contributed by atoms with van der Waals surface area (Å²) in [5, 5.41) is 7.41. The lowest BCUT2D eigenvalue weighted by Gasteiger charge is -2.08. The van der Waals surface area contributed by atoms with Gasteiger partial charge in [0.25, 0.3) is 12.4 Å². The maximum Gasteiger partial charge on any atom is 0.290 e. The van der Waals surface area contributed by atoms with Crippen molar-refractivity contribution in [2.75, 3.05) is 6.61 Å². The van der Waals surface area contributed by atoms with Crippen molar-refractivity contribution in [3.05, 3.63) is 35.8 Å². The third kappa shape index (κ3) is 4.20. The highest BCUT2D eigenvalue weighted by atomic mass is 19.1. The molecule has 2 aromatic rings. The van der Waals surface area contributed by atoms with Crippen LogP contribution in [-0.4, -0.2) is 29.1 Å². The third-order valence-electron chi connectivity index (χ3n) is 2.23. The van der Waals surface area contributed by atoms with Gasteiger partial charge < -0.3 is 15.6 Å². The number of hydrogen-bond acceptors (Lipinski definition) is 4. The average molecular weight is 280 g/mol. The predicted octanol–water partition coefficient (Wildman–Crippen LogP) is 1.25. The van der Waals surface area contributed by atoms with Gasteiger partial charge >= 0.3 is 0 Å². The number of pyridine rings is 1. The highest BCUT2D eigenvalue weighted by molar-refractivity contribution is 5.86. The lowest BCUT2D eigenvalue weighted by molar-refractivity contribution is -0.123. The van der Waals surface area contributed by atoms with E-state index >= 15 is 0 Å². The summed E-state index contributed by atoms with van der Waals surface area (Å²) in [5.41, 5.74) is 6.34. The lowest BCUT2D eigenvalue weighted by Crippen LogP contribution is -2.20. The highest BCUT2D eigenvalue weighted by Gasteiger charge is 2.07. The predicted molar refractivity (Wildman–Crippen MR) is 69.8 cm³/mol. The Morgan fingerprint density at radius 1 is 1.50 bits per heavy atom. The van der Waals surface area contributed by atoms with Gasteiger partial charge in [0.1, 0.15) is 11.6 Å². The molecule has 0 saturated heterocycles. The lowest BCUT2D eigenvalue weighted by atomic mass is 10.2. The van der Waals surface area contributed by atoms with Crippen LogP contribution in [0.15, 0.2) is 24.3 Å². The van der Waals surface area contributed by atoms with Crippen molar-refractivity contribution in [2.45, 2.75) is 6.92 Å². The second-order valence-corrected chi connectivity index (χ2v) is 3.78. The molecular formula is C13H13FN2O4. The van der Waals surface area contributed by atoms with Crippen LogP contribution in [0.3, 0.4) is 0 Å². The number of nitrogens with zero attached hydrogens (tertiary/aromatic N) is 1. The van der Waals surface area contributed by atoms with E-state index in [-0.39, 0.29) is 18.9 Å². The number of amides is 1. The van der Waals surface area contributed by atoms with E-state index in [0.717, 1.165) is 5.69 Å². The molecule has 0 atom stereocenters. The van der Waals surface area contributed by atoms with E-state index in [1.807, 2.05) is 0 Å². The van der Waals surface area contributed by atoms with Crippen molar-refractivity contribution in [2.24, 2.45) is 5.73 Å². The van der Waals surface area contributed by atoms with Gasteiger partial charge in [0.2, 0.25) is 0 Å². The average Bonchev–Trinajstić information content (AvgIpc) is 2.37. The van der Waals surface area contributed by atoms with Crippen LogP contribution in [0.4, 0.5) is 4.39 Å². The van der Waals surface area contributed by atoms with Gasteiger partial charge in [-0.25, -0.2) is 4.39 Å². The number of aryl methyl sites for hydroxylation is 1. The smallest absolute Gasteiger partial charge is 0.290 e. The first-order chi connectivity index (χ1) is 9.47. The van der Waals surface area contributed by atoms with E-state index in [2.05, 4.69) is 4.98 Å². The summed E-state index contributed by atoms with van der Waals surface area (Å²) in [7, 11) is 0. The number of fused-ring (bicyclic) bond motifs is 1. The Morgan fingerprint density at radius 3 is 2.75 bits per heavy atom. The Bertz CT molecular complexity index is 631. The number of nitrogens with two attached hydrogens (primary N) is 1. The van der Waals surface area contributed by atoms with Gasteiger partial charge in [0, 0.05) is 17.1 Å². The van der Waals surface area contributed by atoms with E-state index in [0.29, 0.717) is 16.7 Å². The van der Waals surface area contributed by atoms with Crippen molar-refractivity contribution < 1.29 is 23.8 Å². The molecule has 2 rings (SSSR count). The van der Waals surface area contributed by atoms with E-state index in [1.165, 1.54) is 12.1 Å². The molecule has 0 fully saturated rings. The molecule has 7 heteroatoms. The largest absolute Gasteiger partial charge is 0.483 e. The molecule has 1 aromatic carbocycles. The zero-order chi connectivity index (χ0) is 15.1. The Morgan fingerprint density at radius 2 is 2.15 bits per heavy atom. The summed E-state index contributed by atoms with van der Waals surface area (Å²) in [6.45, 7) is 1.30. The number of primary amides is 1. The molecule has 1 amide bonds. The minimum atomic E-state index is -0.580. The van der Waals surface area contributed by atoms with Crippen molar-refractivity contribution in [3.8, 4) is 5.75 Å². The summed E-state index contributed by atoms with van der Waals surface area (Å²) in [5.74, 6) is -0.554. The van der Waals surface area contributed by atoms with Crippen molar-refractivity contribution in [1.29, 1.82) is 0 Å². The van der Waals surface area contributed by atoms with Crippen LogP contribution in [0.1, 0.15) is 5.69 Å². The van der Waals surface area contributed by atoms with Gasteiger partial charge in [-0.2, -0.15) is 0 Å². The van der Waals surface area contributed by atoms with E-state index in [4.69, 9.17) is 20.4 Å². The third-order valence-corrected chi connectivity index (χ3v) is 2.23. The molecule has 3 N–H and O–H groups in total. The fourth-order valence-electron chi connectivity index (χ4n) is 1.56. The molecule has 0 aliphatic rings. The van der Waals surface area contributed by atoms with Gasteiger partial charge in [-0.15, -0.1) is 0 Å². The van der Waals surface area contributed by atoms with Crippen molar-refractivity contribution >= 4 is 23.3 Å². The molecular weight excluding hydrogens is 267 g/mol. The number of rotatable bonds is 3. The monoisotopic (exact) mass is 280 g/mol. The number of aromatic nitrogens is 1. The Hall–Kier alpha value is -2.70. The summed E-state index contributed by atoms with van der Waals surface area (Å²) in [6.07, 6.45) is 0. The number of halogens is 1. The van der Waals surface area contributed by atoms with Crippen molar-refractivity contribution in [1.82, 2.24) is 4.98 Å². The quantitative estimate of drug-likeness (QED) is 0.823. The molecule has 106 valence electrons. The van der Waals surface area contributed by atoms with Crippen LogP contribution in [0.5, 0.6) is 5.75 Å². The maximum absolute atomic E-state index is 13.1. The molecule has 6 nitrogen and oxygen atoms in total. The minimum absolute atomic E-state index is 0.241. The highest BCUT2D eigenvalue weighted by Crippen LogP contribution is 2.26. The number of carbonyl (C=O) groups is 2. The molecule has 1 heterocycles. The summed E-state index contributed by atoms with van der Waals surface area (Å²) >= 11 is 0. The summed E-state index contributed by atoms with van der Waals surface area (Å²) in [4.78, 5) is 23.3. The molecule has 0 bridgehead atoms. The Kier molecular flexibility index (Phi) is 5.40. The molecule has 0 saturated carbocycles. The second-order valence-electron chi connectivity index (χ2n) is 3.78. The van der Waals surface area contributed by atoms with Crippen LogP contribution in [-0.2, 0) is 9.59 Å². The number of hydrogen-bond donors (Lipinski definition) is 2. The Balaban J connectivity index is 0.000000612. The first-order valence-corrected chi connectivity index (χ1v) is 5.53. The number of benzene rings is 1. The first-order valence-electron chi connectivity index (χ1n) is 5.53. The van der Waals surface area contributed by atoms with Crippen LogP contribution in [0, 0.1) is 12.7 Å². The number of carbonyl (C=O) groups excluding carboxylic acids is 1. The topological polar surface area (TPSA) is 103 Å². The van der Waals surface area contributed by atoms with Gasteiger partial charge in [-0.3, -0.25) is 14.6 Å². The second kappa shape index (κ2) is 7.03. The van der Waals surface area contributed by atoms with Gasteiger partial charge in [-0.1, -0.05) is 0 Å². The molecule has 0 aliphatic carbocycles. The van der Waals surface area contributed by atoms with Crippen LogP contribution < -0.4 is 10.5 Å². The fraction of sp³-hybridized carbons (Fsp3) is 0.154. The van der Waals surface area contributed by atoms with E-state index in [9.17, 15) is 9.18 Å². The van der Waals surface area contributed by atoms with Crippen LogP contribution >= 0.6 is 0 Å². The number of ether oxygens (including phenoxy) is 1. The molecule has 0 unspecified atom stereocenters. The van der Waals surface area contributed by atoms with Gasteiger partial charge in [-0.05, 0) is 25.1 Å². The maximum atomic E-state index is 13.1. The molecule has 0 radical (unpaired) electrons. The molecule has 0 spiro atoms. The van der Waals surface area contributed by atoms with Crippen LogP contribution in [0.2, 0.25) is 0 Å². The summed E-state index contributed by atoms with van der Waals surface area (Å²) in [6, 6.07) is 5.85. The normalized spacial score (nSPS) is 9.50. The molecule has 0 aliphatic heterocycles. The fourth-order valence-corrected chi connectivity index (χ4v) is 1.56. The van der Waals surface area contributed by atoms with Gasteiger partial charge in [0.05, 0.1) is 5.52 Å². The zero-order valence-electron chi connectivity index (χ0n) is 10.7. The van der Waals surface area contributed by atoms with E-state index in [1.54, 1.807) is 19.1 Å². The zero-order valence-corrected chi connectivity index (χ0v) is 10.7.